The van der Waals surface area contributed by atoms with Crippen molar-refractivity contribution in [1.29, 1.82) is 5.26 Å². The molecule has 3 aromatic heterocycles. The minimum atomic E-state index is -0.00109. The minimum absolute atomic E-state index is 0.00109. The highest BCUT2D eigenvalue weighted by Gasteiger charge is 2.28. The lowest BCUT2D eigenvalue weighted by atomic mass is 10.1. The van der Waals surface area contributed by atoms with E-state index in [0.717, 1.165) is 61.2 Å². The number of carbonyl (C=O) groups is 1. The smallest absolute Gasteiger partial charge is 0.317 e. The van der Waals surface area contributed by atoms with Crippen molar-refractivity contribution >= 4 is 17.1 Å². The van der Waals surface area contributed by atoms with Crippen LogP contribution in [0.4, 0.5) is 4.79 Å². The molecule has 0 aliphatic carbocycles. The fraction of sp³-hybridized carbons (Fsp3) is 0.542. The summed E-state index contributed by atoms with van der Waals surface area (Å²) in [6.45, 7) is 5.01. The topological polar surface area (TPSA) is 128 Å². The molecule has 2 saturated heterocycles. The van der Waals surface area contributed by atoms with Gasteiger partial charge in [0, 0.05) is 68.6 Å². The number of aromatic nitrogens is 5. The van der Waals surface area contributed by atoms with Crippen LogP contribution in [0.5, 0.6) is 0 Å². The fourth-order valence-electron chi connectivity index (χ4n) is 4.91. The second-order valence-electron chi connectivity index (χ2n) is 9.15. The fourth-order valence-corrected chi connectivity index (χ4v) is 4.91. The van der Waals surface area contributed by atoms with Gasteiger partial charge in [-0.1, -0.05) is 0 Å². The maximum atomic E-state index is 12.6. The van der Waals surface area contributed by atoms with Gasteiger partial charge in [-0.05, 0) is 25.3 Å². The van der Waals surface area contributed by atoms with Crippen LogP contribution >= 0.6 is 0 Å². The molecular formula is C24H31N9O2. The molecule has 0 radical (unpaired) electrons. The van der Waals surface area contributed by atoms with E-state index in [4.69, 9.17) is 10.00 Å². The van der Waals surface area contributed by atoms with Crippen LogP contribution in [0, 0.1) is 11.3 Å². The third-order valence-electron chi connectivity index (χ3n) is 6.86. The molecule has 0 saturated carbocycles. The molecule has 0 spiro atoms. The Bertz CT molecular complexity index is 1170. The summed E-state index contributed by atoms with van der Waals surface area (Å²) in [7, 11) is 0. The van der Waals surface area contributed by atoms with Gasteiger partial charge in [0.1, 0.15) is 12.0 Å². The van der Waals surface area contributed by atoms with Crippen molar-refractivity contribution in [1.82, 2.24) is 39.8 Å². The van der Waals surface area contributed by atoms with Crippen molar-refractivity contribution in [3.63, 3.8) is 0 Å². The highest BCUT2D eigenvalue weighted by atomic mass is 16.5. The highest BCUT2D eigenvalue weighted by molar-refractivity contribution is 5.89. The predicted molar refractivity (Wildman–Crippen MR) is 129 cm³/mol. The van der Waals surface area contributed by atoms with Crippen LogP contribution in [0.25, 0.3) is 22.3 Å². The summed E-state index contributed by atoms with van der Waals surface area (Å²) in [5.41, 5.74) is 2.61. The average molecular weight is 478 g/mol. The first-order valence-corrected chi connectivity index (χ1v) is 12.3. The van der Waals surface area contributed by atoms with Crippen LogP contribution in [-0.4, -0.2) is 92.0 Å². The summed E-state index contributed by atoms with van der Waals surface area (Å²) in [5, 5.41) is 17.7. The average Bonchev–Trinajstić information content (AvgIpc) is 3.65. The second kappa shape index (κ2) is 10.8. The maximum Gasteiger partial charge on any atom is 0.317 e. The largest absolute Gasteiger partial charge is 0.379 e. The zero-order valence-electron chi connectivity index (χ0n) is 19.8. The van der Waals surface area contributed by atoms with E-state index in [0.29, 0.717) is 32.7 Å². The normalized spacial score (nSPS) is 19.6. The van der Waals surface area contributed by atoms with Crippen molar-refractivity contribution in [2.45, 2.75) is 44.3 Å². The van der Waals surface area contributed by atoms with Gasteiger partial charge < -0.3 is 19.9 Å². The van der Waals surface area contributed by atoms with Gasteiger partial charge in [-0.25, -0.2) is 14.8 Å². The van der Waals surface area contributed by atoms with Gasteiger partial charge in [-0.15, -0.1) is 0 Å². The predicted octanol–water partition coefficient (Wildman–Crippen LogP) is 2.00. The van der Waals surface area contributed by atoms with Gasteiger partial charge in [0.25, 0.3) is 0 Å². The Kier molecular flexibility index (Phi) is 7.20. The molecule has 5 heterocycles. The van der Waals surface area contributed by atoms with Crippen LogP contribution in [0.3, 0.4) is 0 Å². The van der Waals surface area contributed by atoms with Gasteiger partial charge in [-0.2, -0.15) is 10.4 Å². The molecule has 2 aliphatic rings. The number of H-pyrrole nitrogens is 1. The third-order valence-corrected chi connectivity index (χ3v) is 6.86. The molecule has 0 bridgehead atoms. The Morgan fingerprint density at radius 2 is 2.20 bits per heavy atom. The molecule has 5 rings (SSSR count). The zero-order chi connectivity index (χ0) is 24.0. The molecule has 2 atom stereocenters. The summed E-state index contributed by atoms with van der Waals surface area (Å²) < 4.78 is 7.33. The van der Waals surface area contributed by atoms with Crippen molar-refractivity contribution in [2.75, 3.05) is 39.4 Å². The Morgan fingerprint density at radius 1 is 1.31 bits per heavy atom. The number of nitrogens with zero attached hydrogens (tertiary/aromatic N) is 7. The Hall–Kier alpha value is -3.49. The lowest BCUT2D eigenvalue weighted by Crippen LogP contribution is -2.56. The zero-order valence-corrected chi connectivity index (χ0v) is 19.8. The summed E-state index contributed by atoms with van der Waals surface area (Å²) in [4.78, 5) is 28.8. The highest BCUT2D eigenvalue weighted by Crippen LogP contribution is 2.24. The van der Waals surface area contributed by atoms with Gasteiger partial charge >= 0.3 is 6.03 Å². The lowest BCUT2D eigenvalue weighted by Gasteiger charge is -2.39. The summed E-state index contributed by atoms with van der Waals surface area (Å²) in [6, 6.07) is 4.59. The number of aromatic amines is 1. The second-order valence-corrected chi connectivity index (χ2v) is 9.15. The molecule has 2 aliphatic heterocycles. The molecule has 11 heteroatoms. The van der Waals surface area contributed by atoms with Crippen LogP contribution in [0.2, 0.25) is 0 Å². The monoisotopic (exact) mass is 477 g/mol. The van der Waals surface area contributed by atoms with E-state index in [9.17, 15) is 4.79 Å². The van der Waals surface area contributed by atoms with E-state index >= 15 is 0 Å². The van der Waals surface area contributed by atoms with Gasteiger partial charge in [0.05, 0.1) is 37.2 Å². The summed E-state index contributed by atoms with van der Waals surface area (Å²) >= 11 is 0. The first-order valence-electron chi connectivity index (χ1n) is 12.3. The molecule has 2 N–H and O–H groups in total. The number of urea groups is 1. The Morgan fingerprint density at radius 3 is 3.00 bits per heavy atom. The van der Waals surface area contributed by atoms with E-state index < -0.39 is 0 Å². The molecule has 2 fully saturated rings. The number of nitriles is 1. The standard InChI is InChI=1S/C24H31N9O2/c25-6-2-1-3-20(31-8-10-32(11-9-31)24(34)30-19-5-12-35-16-19)15-33-14-18(13-29-33)22-21-4-7-26-23(21)28-17-27-22/h4,7,13-14,17,19-20H,1-3,5,8-12,15-16H2,(H,30,34)(H,26,27,28)/t19-,20+/m1/s1. The number of hydrogen-bond acceptors (Lipinski definition) is 7. The van der Waals surface area contributed by atoms with Crippen LogP contribution < -0.4 is 5.32 Å². The number of unbranched alkanes of at least 4 members (excludes halogenated alkanes) is 1. The number of fused-ring (bicyclic) bond motifs is 1. The van der Waals surface area contributed by atoms with Gasteiger partial charge in [-0.3, -0.25) is 9.58 Å². The summed E-state index contributed by atoms with van der Waals surface area (Å²) in [5.74, 6) is 0. The molecule has 2 amide bonds. The van der Waals surface area contributed by atoms with E-state index in [-0.39, 0.29) is 18.1 Å². The SMILES string of the molecule is N#CCCC[C@@H](Cn1cc(-c2ncnc3[nH]ccc23)cn1)N1CCN(C(=O)N[C@@H]2CCOC2)CC1. The molecule has 0 unspecified atom stereocenters. The third kappa shape index (κ3) is 5.44. The van der Waals surface area contributed by atoms with Crippen molar-refractivity contribution in [3.05, 3.63) is 31.0 Å². The summed E-state index contributed by atoms with van der Waals surface area (Å²) in [6.07, 6.45) is 10.5. The number of hydrogen-bond donors (Lipinski definition) is 2. The van der Waals surface area contributed by atoms with E-state index in [1.54, 1.807) is 6.33 Å². The first kappa shape index (κ1) is 23.3. The van der Waals surface area contributed by atoms with Crippen LogP contribution in [0.1, 0.15) is 25.7 Å². The van der Waals surface area contributed by atoms with E-state index in [1.165, 1.54) is 0 Å². The maximum absolute atomic E-state index is 12.6. The quantitative estimate of drug-likeness (QED) is 0.475. The van der Waals surface area contributed by atoms with Crippen molar-refractivity contribution in [2.24, 2.45) is 0 Å². The molecule has 35 heavy (non-hydrogen) atoms. The molecule has 0 aromatic carbocycles. The van der Waals surface area contributed by atoms with E-state index in [1.807, 2.05) is 34.2 Å². The number of ether oxygens (including phenoxy) is 1. The first-order chi connectivity index (χ1) is 17.2. The minimum Gasteiger partial charge on any atom is -0.379 e. The number of nitrogens with one attached hydrogen (secondary N) is 2. The molecule has 11 nitrogen and oxygen atoms in total. The molecule has 3 aromatic rings. The lowest BCUT2D eigenvalue weighted by molar-refractivity contribution is 0.0922. The number of piperazine rings is 1. The van der Waals surface area contributed by atoms with Crippen molar-refractivity contribution < 1.29 is 9.53 Å². The van der Waals surface area contributed by atoms with Gasteiger partial charge in [0.2, 0.25) is 0 Å². The molecular weight excluding hydrogens is 446 g/mol. The van der Waals surface area contributed by atoms with Crippen LogP contribution in [-0.2, 0) is 11.3 Å². The van der Waals surface area contributed by atoms with Crippen molar-refractivity contribution in [3.8, 4) is 17.3 Å². The van der Waals surface area contributed by atoms with Gasteiger partial charge in [0.15, 0.2) is 0 Å². The number of carbonyl (C=O) groups excluding carboxylic acids is 1. The molecule has 184 valence electrons. The Balaban J connectivity index is 1.22. The Labute approximate surface area is 204 Å². The number of rotatable bonds is 8. The van der Waals surface area contributed by atoms with Crippen LogP contribution in [0.15, 0.2) is 31.0 Å². The van der Waals surface area contributed by atoms with E-state index in [2.05, 4.69) is 36.3 Å². The number of amides is 2.